The van der Waals surface area contributed by atoms with Crippen molar-refractivity contribution in [3.63, 3.8) is 0 Å². The van der Waals surface area contributed by atoms with E-state index < -0.39 is 0 Å². The van der Waals surface area contributed by atoms with Gasteiger partial charge in [0.25, 0.3) is 0 Å². The van der Waals surface area contributed by atoms with Crippen LogP contribution in [0.3, 0.4) is 0 Å². The molecule has 0 unspecified atom stereocenters. The van der Waals surface area contributed by atoms with Gasteiger partial charge in [-0.1, -0.05) is 12.2 Å². The summed E-state index contributed by atoms with van der Waals surface area (Å²) in [5.74, 6) is 0.312. The van der Waals surface area contributed by atoms with Crippen molar-refractivity contribution < 1.29 is 0 Å². The van der Waals surface area contributed by atoms with Gasteiger partial charge in [-0.3, -0.25) is 0 Å². The van der Waals surface area contributed by atoms with Crippen molar-refractivity contribution in [3.05, 3.63) is 24.0 Å². The molecule has 0 aromatic carbocycles. The number of nitrogens with zero attached hydrogens (tertiary/aromatic N) is 2. The fraction of sp³-hybridized carbons (Fsp3) is 0.333. The molecule has 0 saturated carbocycles. The molecule has 0 aliphatic rings. The van der Waals surface area contributed by atoms with Gasteiger partial charge in [0, 0.05) is 18.0 Å². The summed E-state index contributed by atoms with van der Waals surface area (Å²) in [6.45, 7) is 0.979. The lowest BCUT2D eigenvalue weighted by molar-refractivity contribution is 0.809. The van der Waals surface area contributed by atoms with E-state index in [9.17, 15) is 0 Å². The Hall–Kier alpha value is -1.42. The van der Waals surface area contributed by atoms with Crippen molar-refractivity contribution in [2.75, 3.05) is 19.3 Å². The molecular formula is C9H14N4. The first-order chi connectivity index (χ1) is 6.33. The van der Waals surface area contributed by atoms with Crippen LogP contribution < -0.4 is 11.1 Å². The maximum absolute atomic E-state index is 5.35. The van der Waals surface area contributed by atoms with Crippen molar-refractivity contribution in [1.29, 1.82) is 0 Å². The number of hydrogen-bond donors (Lipinski definition) is 2. The maximum Gasteiger partial charge on any atom is 0.219 e. The first-order valence-electron chi connectivity index (χ1n) is 4.21. The Morgan fingerprint density at radius 2 is 2.15 bits per heavy atom. The van der Waals surface area contributed by atoms with E-state index in [0.29, 0.717) is 5.95 Å². The minimum atomic E-state index is 0.312. The molecule has 0 radical (unpaired) electrons. The van der Waals surface area contributed by atoms with E-state index in [2.05, 4.69) is 21.4 Å². The highest BCUT2D eigenvalue weighted by Crippen LogP contribution is 1.99. The van der Waals surface area contributed by atoms with E-state index in [1.54, 1.807) is 12.4 Å². The molecule has 4 heteroatoms. The highest BCUT2D eigenvalue weighted by atomic mass is 15.0. The molecule has 1 heterocycles. The quantitative estimate of drug-likeness (QED) is 0.665. The van der Waals surface area contributed by atoms with Crippen LogP contribution in [0, 0.1) is 0 Å². The van der Waals surface area contributed by atoms with Crippen LogP contribution >= 0.6 is 0 Å². The Bertz CT molecular complexity index is 265. The number of nitrogen functional groups attached to an aromatic ring is 1. The van der Waals surface area contributed by atoms with E-state index in [0.717, 1.165) is 18.5 Å². The molecule has 4 nitrogen and oxygen atoms in total. The Balaban J connectivity index is 2.44. The van der Waals surface area contributed by atoms with Crippen LogP contribution in [0.25, 0.3) is 6.08 Å². The second-order valence-electron chi connectivity index (χ2n) is 2.67. The van der Waals surface area contributed by atoms with Gasteiger partial charge in [-0.05, 0) is 20.0 Å². The van der Waals surface area contributed by atoms with Gasteiger partial charge in [-0.15, -0.1) is 0 Å². The van der Waals surface area contributed by atoms with Gasteiger partial charge in [0.15, 0.2) is 0 Å². The lowest BCUT2D eigenvalue weighted by Crippen LogP contribution is -2.05. The van der Waals surface area contributed by atoms with Gasteiger partial charge in [-0.2, -0.15) is 0 Å². The molecule has 0 amide bonds. The summed E-state index contributed by atoms with van der Waals surface area (Å²) in [4.78, 5) is 7.76. The molecule has 0 spiro atoms. The lowest BCUT2D eigenvalue weighted by Gasteiger charge is -1.93. The smallest absolute Gasteiger partial charge is 0.219 e. The zero-order valence-electron chi connectivity index (χ0n) is 7.70. The van der Waals surface area contributed by atoms with Crippen molar-refractivity contribution in [2.45, 2.75) is 6.42 Å². The fourth-order valence-electron chi connectivity index (χ4n) is 0.881. The minimum absolute atomic E-state index is 0.312. The zero-order valence-corrected chi connectivity index (χ0v) is 7.70. The molecule has 1 rings (SSSR count). The highest BCUT2D eigenvalue weighted by Gasteiger charge is 1.88. The molecule has 0 fully saturated rings. The molecule has 0 aliphatic heterocycles. The summed E-state index contributed by atoms with van der Waals surface area (Å²) < 4.78 is 0. The third-order valence-corrected chi connectivity index (χ3v) is 1.56. The molecule has 3 N–H and O–H groups in total. The van der Waals surface area contributed by atoms with Crippen LogP contribution in [0.5, 0.6) is 0 Å². The highest BCUT2D eigenvalue weighted by molar-refractivity contribution is 5.47. The second-order valence-corrected chi connectivity index (χ2v) is 2.67. The summed E-state index contributed by atoms with van der Waals surface area (Å²) in [5.41, 5.74) is 6.32. The monoisotopic (exact) mass is 178 g/mol. The van der Waals surface area contributed by atoms with E-state index in [-0.39, 0.29) is 0 Å². The number of nitrogens with two attached hydrogens (primary N) is 1. The summed E-state index contributed by atoms with van der Waals surface area (Å²) >= 11 is 0. The predicted molar refractivity (Wildman–Crippen MR) is 54.0 cm³/mol. The third kappa shape index (κ3) is 3.66. The van der Waals surface area contributed by atoms with Crippen LogP contribution in [0.1, 0.15) is 12.0 Å². The van der Waals surface area contributed by atoms with Crippen molar-refractivity contribution in [1.82, 2.24) is 15.3 Å². The first kappa shape index (κ1) is 9.67. The fourth-order valence-corrected chi connectivity index (χ4v) is 0.881. The van der Waals surface area contributed by atoms with Gasteiger partial charge < -0.3 is 11.1 Å². The summed E-state index contributed by atoms with van der Waals surface area (Å²) in [6, 6.07) is 0. The van der Waals surface area contributed by atoms with Crippen LogP contribution in [0.2, 0.25) is 0 Å². The first-order valence-corrected chi connectivity index (χ1v) is 4.21. The Labute approximate surface area is 77.9 Å². The van der Waals surface area contributed by atoms with E-state index in [1.165, 1.54) is 0 Å². The molecule has 1 aromatic rings. The molecule has 0 bridgehead atoms. The Kier molecular flexibility index (Phi) is 3.92. The van der Waals surface area contributed by atoms with Gasteiger partial charge in [0.2, 0.25) is 5.95 Å². The molecular weight excluding hydrogens is 164 g/mol. The third-order valence-electron chi connectivity index (χ3n) is 1.56. The molecule has 0 atom stereocenters. The SMILES string of the molecule is CNCCC=Cc1cnc(N)nc1. The average Bonchev–Trinajstić information content (AvgIpc) is 2.15. The van der Waals surface area contributed by atoms with Gasteiger partial charge in [0.05, 0.1) is 0 Å². The topological polar surface area (TPSA) is 63.8 Å². The average molecular weight is 178 g/mol. The summed E-state index contributed by atoms with van der Waals surface area (Å²) in [6.07, 6.45) is 8.47. The standard InChI is InChI=1S/C9H14N4/c1-11-5-3-2-4-8-6-12-9(10)13-7-8/h2,4,6-7,11H,3,5H2,1H3,(H2,10,12,13). The summed E-state index contributed by atoms with van der Waals surface area (Å²) in [7, 11) is 1.93. The van der Waals surface area contributed by atoms with Crippen LogP contribution in [0.15, 0.2) is 18.5 Å². The lowest BCUT2D eigenvalue weighted by atomic mass is 10.3. The van der Waals surface area contributed by atoms with Gasteiger partial charge in [-0.25, -0.2) is 9.97 Å². The maximum atomic E-state index is 5.35. The Morgan fingerprint density at radius 1 is 1.46 bits per heavy atom. The molecule has 13 heavy (non-hydrogen) atoms. The predicted octanol–water partition coefficient (Wildman–Crippen LogP) is 0.681. The number of rotatable bonds is 4. The Morgan fingerprint density at radius 3 is 2.77 bits per heavy atom. The van der Waals surface area contributed by atoms with Crippen LogP contribution in [-0.2, 0) is 0 Å². The normalized spacial score (nSPS) is 10.8. The molecule has 1 aromatic heterocycles. The largest absolute Gasteiger partial charge is 0.368 e. The molecule has 0 saturated heterocycles. The number of anilines is 1. The number of aromatic nitrogens is 2. The van der Waals surface area contributed by atoms with Crippen molar-refractivity contribution in [2.24, 2.45) is 0 Å². The molecule has 0 aliphatic carbocycles. The van der Waals surface area contributed by atoms with Gasteiger partial charge >= 0.3 is 0 Å². The molecule has 70 valence electrons. The van der Waals surface area contributed by atoms with Crippen molar-refractivity contribution >= 4 is 12.0 Å². The second kappa shape index (κ2) is 5.27. The number of nitrogens with one attached hydrogen (secondary N) is 1. The zero-order chi connectivity index (χ0) is 9.52. The number of hydrogen-bond acceptors (Lipinski definition) is 4. The summed E-state index contributed by atoms with van der Waals surface area (Å²) in [5, 5.41) is 3.06. The van der Waals surface area contributed by atoms with Crippen LogP contribution in [0.4, 0.5) is 5.95 Å². The minimum Gasteiger partial charge on any atom is -0.368 e. The van der Waals surface area contributed by atoms with E-state index in [1.807, 2.05) is 13.1 Å². The van der Waals surface area contributed by atoms with Crippen molar-refractivity contribution in [3.8, 4) is 0 Å². The van der Waals surface area contributed by atoms with Gasteiger partial charge in [0.1, 0.15) is 0 Å². The van der Waals surface area contributed by atoms with Crippen LogP contribution in [-0.4, -0.2) is 23.6 Å². The van der Waals surface area contributed by atoms with E-state index in [4.69, 9.17) is 5.73 Å². The van der Waals surface area contributed by atoms with E-state index >= 15 is 0 Å².